The maximum absolute atomic E-state index is 13.5. The van der Waals surface area contributed by atoms with Gasteiger partial charge in [0.25, 0.3) is 0 Å². The summed E-state index contributed by atoms with van der Waals surface area (Å²) < 4.78 is 19.8. The summed E-state index contributed by atoms with van der Waals surface area (Å²) in [4.78, 5) is 0. The number of nitrogen functional groups attached to an aromatic ring is 1. The van der Waals surface area contributed by atoms with E-state index in [0.717, 1.165) is 4.47 Å². The van der Waals surface area contributed by atoms with E-state index in [1.54, 1.807) is 36.4 Å². The lowest BCUT2D eigenvalue weighted by atomic mass is 10.2. The molecule has 0 unspecified atom stereocenters. The van der Waals surface area contributed by atoms with Gasteiger partial charge in [-0.05, 0) is 24.3 Å². The van der Waals surface area contributed by atoms with Gasteiger partial charge >= 0.3 is 0 Å². The Morgan fingerprint density at radius 2 is 2.00 bits per heavy atom. The van der Waals surface area contributed by atoms with Gasteiger partial charge in [-0.2, -0.15) is 0 Å². The van der Waals surface area contributed by atoms with Gasteiger partial charge in [-0.15, -0.1) is 0 Å². The summed E-state index contributed by atoms with van der Waals surface area (Å²) in [5, 5.41) is 7.48. The van der Waals surface area contributed by atoms with E-state index in [-0.39, 0.29) is 18.3 Å². The highest BCUT2D eigenvalue weighted by Gasteiger charge is 2.09. The molecule has 0 radical (unpaired) electrons. The molecule has 0 aliphatic rings. The van der Waals surface area contributed by atoms with Gasteiger partial charge in [-0.3, -0.25) is 5.41 Å². The second-order valence-electron chi connectivity index (χ2n) is 3.93. The zero-order chi connectivity index (χ0) is 13.8. The van der Waals surface area contributed by atoms with Crippen LogP contribution in [0.2, 0.25) is 0 Å². The molecule has 0 aromatic heterocycles. The topological polar surface area (TPSA) is 59.1 Å². The number of hydrogen-bond donors (Lipinski definition) is 2. The largest absolute Gasteiger partial charge is 0.488 e. The molecule has 0 amide bonds. The molecule has 0 aliphatic heterocycles. The highest BCUT2D eigenvalue weighted by molar-refractivity contribution is 9.10. The molecule has 0 saturated heterocycles. The van der Waals surface area contributed by atoms with E-state index < -0.39 is 0 Å². The van der Waals surface area contributed by atoms with Crippen LogP contribution in [0.25, 0.3) is 0 Å². The van der Waals surface area contributed by atoms with Crippen LogP contribution >= 0.6 is 15.9 Å². The van der Waals surface area contributed by atoms with Gasteiger partial charge in [0, 0.05) is 10.0 Å². The molecule has 3 N–H and O–H groups in total. The molecule has 2 aromatic carbocycles. The van der Waals surface area contributed by atoms with Crippen LogP contribution in [-0.4, -0.2) is 5.84 Å². The lowest BCUT2D eigenvalue weighted by Gasteiger charge is -2.11. The van der Waals surface area contributed by atoms with Crippen molar-refractivity contribution >= 4 is 21.8 Å². The molecule has 0 saturated carbocycles. The van der Waals surface area contributed by atoms with Crippen molar-refractivity contribution in [1.82, 2.24) is 0 Å². The number of benzene rings is 2. The van der Waals surface area contributed by atoms with E-state index in [0.29, 0.717) is 16.9 Å². The first-order chi connectivity index (χ1) is 9.08. The van der Waals surface area contributed by atoms with E-state index in [9.17, 15) is 4.39 Å². The minimum absolute atomic E-state index is 0.0867. The number of hydrogen-bond acceptors (Lipinski definition) is 2. The lowest BCUT2D eigenvalue weighted by Crippen LogP contribution is -2.13. The van der Waals surface area contributed by atoms with Gasteiger partial charge in [-0.1, -0.05) is 34.1 Å². The first-order valence-corrected chi connectivity index (χ1v) is 6.37. The predicted octanol–water partition coefficient (Wildman–Crippen LogP) is 3.45. The first kappa shape index (κ1) is 13.5. The molecule has 0 fully saturated rings. The predicted molar refractivity (Wildman–Crippen MR) is 75.9 cm³/mol. The molecule has 0 spiro atoms. The highest BCUT2D eigenvalue weighted by atomic mass is 79.9. The quantitative estimate of drug-likeness (QED) is 0.669. The number of ether oxygens (including phenoxy) is 1. The van der Waals surface area contributed by atoms with Crippen LogP contribution in [-0.2, 0) is 6.61 Å². The summed E-state index contributed by atoms with van der Waals surface area (Å²) in [6, 6.07) is 11.6. The summed E-state index contributed by atoms with van der Waals surface area (Å²) in [5.74, 6) is 0.0445. The zero-order valence-electron chi connectivity index (χ0n) is 9.99. The van der Waals surface area contributed by atoms with Crippen LogP contribution in [0.15, 0.2) is 46.9 Å². The van der Waals surface area contributed by atoms with Crippen LogP contribution in [0.3, 0.4) is 0 Å². The van der Waals surface area contributed by atoms with Crippen molar-refractivity contribution < 1.29 is 9.13 Å². The molecule has 0 heterocycles. The fourth-order valence-electron chi connectivity index (χ4n) is 1.61. The Balaban J connectivity index is 2.22. The Hall–Kier alpha value is -1.88. The zero-order valence-corrected chi connectivity index (χ0v) is 11.6. The molecule has 98 valence electrons. The van der Waals surface area contributed by atoms with Gasteiger partial charge in [0.1, 0.15) is 24.0 Å². The standard InChI is InChI=1S/C14H12BrFN2O/c15-10-5-6-11(14(17)18)13(7-10)19-8-9-3-1-2-4-12(9)16/h1-7H,8H2,(H3,17,18). The van der Waals surface area contributed by atoms with Crippen LogP contribution in [0.5, 0.6) is 5.75 Å². The molecule has 2 rings (SSSR count). The Bertz CT molecular complexity index is 616. The highest BCUT2D eigenvalue weighted by Crippen LogP contribution is 2.24. The van der Waals surface area contributed by atoms with E-state index in [4.69, 9.17) is 15.9 Å². The molecule has 3 nitrogen and oxygen atoms in total. The summed E-state index contributed by atoms with van der Waals surface area (Å²) in [7, 11) is 0. The molecule has 0 aliphatic carbocycles. The SMILES string of the molecule is N=C(N)c1ccc(Br)cc1OCc1ccccc1F. The van der Waals surface area contributed by atoms with Crippen molar-refractivity contribution in [3.63, 3.8) is 0 Å². The smallest absolute Gasteiger partial charge is 0.131 e. The van der Waals surface area contributed by atoms with Gasteiger partial charge in [0.05, 0.1) is 5.56 Å². The normalized spacial score (nSPS) is 10.2. The molecule has 19 heavy (non-hydrogen) atoms. The third-order valence-corrected chi connectivity index (χ3v) is 3.07. The van der Waals surface area contributed by atoms with E-state index in [1.807, 2.05) is 0 Å². The van der Waals surface area contributed by atoms with Gasteiger partial charge in [0.2, 0.25) is 0 Å². The third kappa shape index (κ3) is 3.32. The van der Waals surface area contributed by atoms with Crippen molar-refractivity contribution in [1.29, 1.82) is 5.41 Å². The first-order valence-electron chi connectivity index (χ1n) is 5.58. The van der Waals surface area contributed by atoms with Crippen molar-refractivity contribution in [3.8, 4) is 5.75 Å². The summed E-state index contributed by atoms with van der Waals surface area (Å²) in [6.45, 7) is 0.0867. The van der Waals surface area contributed by atoms with E-state index in [2.05, 4.69) is 15.9 Å². The van der Waals surface area contributed by atoms with Crippen molar-refractivity contribution in [2.24, 2.45) is 5.73 Å². The Morgan fingerprint density at radius 3 is 2.68 bits per heavy atom. The Labute approximate surface area is 118 Å². The second-order valence-corrected chi connectivity index (χ2v) is 4.85. The van der Waals surface area contributed by atoms with E-state index >= 15 is 0 Å². The van der Waals surface area contributed by atoms with Crippen LogP contribution in [0, 0.1) is 11.2 Å². The lowest BCUT2D eigenvalue weighted by molar-refractivity contribution is 0.299. The molecular weight excluding hydrogens is 311 g/mol. The van der Waals surface area contributed by atoms with Crippen LogP contribution in [0.1, 0.15) is 11.1 Å². The number of amidine groups is 1. The molecule has 0 atom stereocenters. The average molecular weight is 323 g/mol. The number of rotatable bonds is 4. The summed E-state index contributed by atoms with van der Waals surface area (Å²) in [5.41, 5.74) is 6.42. The van der Waals surface area contributed by atoms with E-state index in [1.165, 1.54) is 6.07 Å². The molecule has 5 heteroatoms. The van der Waals surface area contributed by atoms with Gasteiger partial charge in [-0.25, -0.2) is 4.39 Å². The maximum Gasteiger partial charge on any atom is 0.131 e. The average Bonchev–Trinajstić information content (AvgIpc) is 2.37. The van der Waals surface area contributed by atoms with Gasteiger partial charge < -0.3 is 10.5 Å². The fraction of sp³-hybridized carbons (Fsp3) is 0.0714. The minimum Gasteiger partial charge on any atom is -0.488 e. The fourth-order valence-corrected chi connectivity index (χ4v) is 1.95. The third-order valence-electron chi connectivity index (χ3n) is 2.57. The molecule has 2 aromatic rings. The summed E-state index contributed by atoms with van der Waals surface area (Å²) >= 11 is 3.32. The Morgan fingerprint density at radius 1 is 1.26 bits per heavy atom. The van der Waals surface area contributed by atoms with Crippen molar-refractivity contribution in [2.75, 3.05) is 0 Å². The molecule has 0 bridgehead atoms. The number of nitrogens with one attached hydrogen (secondary N) is 1. The number of halogens is 2. The number of nitrogens with two attached hydrogens (primary N) is 1. The van der Waals surface area contributed by atoms with Crippen LogP contribution < -0.4 is 10.5 Å². The second kappa shape index (κ2) is 5.84. The maximum atomic E-state index is 13.5. The molecular formula is C14H12BrFN2O. The minimum atomic E-state index is -0.318. The van der Waals surface area contributed by atoms with Crippen molar-refractivity contribution in [2.45, 2.75) is 6.61 Å². The van der Waals surface area contributed by atoms with Crippen LogP contribution in [0.4, 0.5) is 4.39 Å². The summed E-state index contributed by atoms with van der Waals surface area (Å²) in [6.07, 6.45) is 0. The van der Waals surface area contributed by atoms with Gasteiger partial charge in [0.15, 0.2) is 0 Å². The van der Waals surface area contributed by atoms with Crippen molar-refractivity contribution in [3.05, 3.63) is 63.9 Å². The Kier molecular flexibility index (Phi) is 4.16. The monoisotopic (exact) mass is 322 g/mol.